The molecule has 9 rings (SSSR count). The van der Waals surface area contributed by atoms with E-state index >= 15 is 0 Å². The fraction of sp³-hybridized carbons (Fsp3) is 0.213. The van der Waals surface area contributed by atoms with Gasteiger partial charge >= 0.3 is 0 Å². The molecular formula is C61H59N3O. The Bertz CT molecular complexity index is 3410. The van der Waals surface area contributed by atoms with E-state index in [9.17, 15) is 5.11 Å². The van der Waals surface area contributed by atoms with Gasteiger partial charge in [0, 0.05) is 24.2 Å². The van der Waals surface area contributed by atoms with Crippen molar-refractivity contribution in [1.82, 2.24) is 14.5 Å². The summed E-state index contributed by atoms with van der Waals surface area (Å²) in [6.07, 6.45) is 1.85. The van der Waals surface area contributed by atoms with Gasteiger partial charge in [-0.3, -0.25) is 9.55 Å². The lowest BCUT2D eigenvalue weighted by Gasteiger charge is -2.22. The fourth-order valence-corrected chi connectivity index (χ4v) is 8.66. The van der Waals surface area contributed by atoms with Crippen LogP contribution in [0, 0.1) is 20.7 Å². The van der Waals surface area contributed by atoms with Gasteiger partial charge in [0.2, 0.25) is 0 Å². The Morgan fingerprint density at radius 2 is 1.22 bits per heavy atom. The minimum atomic E-state index is -2.59. The van der Waals surface area contributed by atoms with Gasteiger partial charge in [-0.05, 0) is 159 Å². The summed E-state index contributed by atoms with van der Waals surface area (Å²) in [4.78, 5) is 10.4. The maximum absolute atomic E-state index is 12.1. The molecule has 0 aliphatic heterocycles. The van der Waals surface area contributed by atoms with Crippen molar-refractivity contribution < 1.29 is 12.0 Å². The highest BCUT2D eigenvalue weighted by Gasteiger charge is 2.25. The highest BCUT2D eigenvalue weighted by atomic mass is 16.3. The van der Waals surface area contributed by atoms with Crippen molar-refractivity contribution in [2.75, 3.05) is 0 Å². The number of phenolic OH excluding ortho intramolecular Hbond substituents is 1. The van der Waals surface area contributed by atoms with Gasteiger partial charge in [-0.15, -0.1) is 0 Å². The van der Waals surface area contributed by atoms with E-state index in [0.717, 1.165) is 66.9 Å². The summed E-state index contributed by atoms with van der Waals surface area (Å²) >= 11 is 0. The zero-order valence-electron chi connectivity index (χ0n) is 43.8. The number of imidazole rings is 1. The molecule has 1 N–H and O–H groups in total. The minimum Gasteiger partial charge on any atom is -0.507 e. The van der Waals surface area contributed by atoms with E-state index in [1.165, 1.54) is 5.56 Å². The molecule has 4 heteroatoms. The second kappa shape index (κ2) is 17.2. The van der Waals surface area contributed by atoms with Gasteiger partial charge in [0.25, 0.3) is 0 Å². The highest BCUT2D eigenvalue weighted by molar-refractivity contribution is 5.98. The van der Waals surface area contributed by atoms with Crippen LogP contribution in [-0.2, 0) is 5.41 Å². The number of hydrogen-bond donors (Lipinski definition) is 1. The third-order valence-electron chi connectivity index (χ3n) is 12.5. The van der Waals surface area contributed by atoms with Crippen molar-refractivity contribution >= 4 is 11.0 Å². The molecule has 0 saturated heterocycles. The van der Waals surface area contributed by atoms with Crippen LogP contribution in [0.15, 0.2) is 158 Å². The molecule has 7 aromatic carbocycles. The number of aryl methyl sites for hydroxylation is 3. The van der Waals surface area contributed by atoms with Crippen molar-refractivity contribution in [2.24, 2.45) is 0 Å². The van der Waals surface area contributed by atoms with Crippen molar-refractivity contribution in [2.45, 2.75) is 86.4 Å². The average molecular weight is 855 g/mol. The molecule has 65 heavy (non-hydrogen) atoms. The first-order valence-corrected chi connectivity index (χ1v) is 22.4. The van der Waals surface area contributed by atoms with Crippen LogP contribution in [-0.4, -0.2) is 19.6 Å². The van der Waals surface area contributed by atoms with Crippen molar-refractivity contribution in [3.63, 3.8) is 0 Å². The number of nitrogens with zero attached hydrogens (tertiary/aromatic N) is 3. The maximum atomic E-state index is 12.1. The Balaban J connectivity index is 1.32. The predicted molar refractivity (Wildman–Crippen MR) is 274 cm³/mol. The fourth-order valence-electron chi connectivity index (χ4n) is 8.66. The summed E-state index contributed by atoms with van der Waals surface area (Å²) in [6.45, 7) is 15.0. The molecule has 0 amide bonds. The molecule has 0 fully saturated rings. The zero-order chi connectivity index (χ0) is 50.1. The molecular weight excluding hydrogens is 791 g/mol. The monoisotopic (exact) mass is 854 g/mol. The topological polar surface area (TPSA) is 50.9 Å². The van der Waals surface area contributed by atoms with Gasteiger partial charge in [-0.2, -0.15) is 0 Å². The SMILES string of the molecule is [2H]C([2H])([2H])c1cc(-c2cc(C([2H])(C)C)cc(C([2H])(C)C)c2)ccc1-n1c(-c2cc(C(C)(C)C)cc(C)c2O)nc2c(-c3cc(-c4ccccc4)cc(-c4cc(-c5ccc(C)cc5)ccn4)c3)cccc21. The summed E-state index contributed by atoms with van der Waals surface area (Å²) in [7, 11) is 0. The number of benzene rings is 7. The molecule has 324 valence electrons. The van der Waals surface area contributed by atoms with E-state index in [-0.39, 0.29) is 16.7 Å². The van der Waals surface area contributed by atoms with Crippen LogP contribution >= 0.6 is 0 Å². The summed E-state index contributed by atoms with van der Waals surface area (Å²) in [5.41, 5.74) is 15.3. The van der Waals surface area contributed by atoms with E-state index in [1.54, 1.807) is 6.07 Å². The van der Waals surface area contributed by atoms with Crippen LogP contribution in [0.5, 0.6) is 5.75 Å². The Hall–Kier alpha value is -7.04. The van der Waals surface area contributed by atoms with E-state index in [2.05, 4.69) is 88.4 Å². The molecule has 0 bridgehead atoms. The smallest absolute Gasteiger partial charge is 0.149 e. The molecule has 0 spiro atoms. The first-order valence-electron chi connectivity index (χ1n) is 24.9. The first-order chi connectivity index (χ1) is 32.9. The van der Waals surface area contributed by atoms with Gasteiger partial charge in [0.1, 0.15) is 11.6 Å². The van der Waals surface area contributed by atoms with Crippen molar-refractivity contribution in [3.05, 3.63) is 191 Å². The Morgan fingerprint density at radius 1 is 0.569 bits per heavy atom. The summed E-state index contributed by atoms with van der Waals surface area (Å²) in [5, 5.41) is 12.1. The van der Waals surface area contributed by atoms with Crippen molar-refractivity contribution in [1.29, 1.82) is 0 Å². The number of fused-ring (bicyclic) bond motifs is 1. The number of hydrogen-bond acceptors (Lipinski definition) is 3. The lowest BCUT2D eigenvalue weighted by Crippen LogP contribution is -2.12. The minimum absolute atomic E-state index is 0.0615. The molecule has 0 radical (unpaired) electrons. The number of aromatic nitrogens is 3. The van der Waals surface area contributed by atoms with Gasteiger partial charge in [0.05, 0.1) is 28.0 Å². The zero-order valence-corrected chi connectivity index (χ0v) is 38.8. The Kier molecular flexibility index (Phi) is 9.86. The highest BCUT2D eigenvalue weighted by Crippen LogP contribution is 2.43. The summed E-state index contributed by atoms with van der Waals surface area (Å²) in [6, 6.07) is 50.5. The van der Waals surface area contributed by atoms with Crippen LogP contribution in [0.2, 0.25) is 0 Å². The lowest BCUT2D eigenvalue weighted by atomic mass is 9.84. The predicted octanol–water partition coefficient (Wildman–Crippen LogP) is 16.6. The third kappa shape index (κ3) is 8.54. The molecule has 2 heterocycles. The number of para-hydroxylation sites is 1. The molecule has 0 unspecified atom stereocenters. The first kappa shape index (κ1) is 37.3. The number of phenols is 1. The maximum Gasteiger partial charge on any atom is 0.149 e. The molecule has 0 atom stereocenters. The van der Waals surface area contributed by atoms with Crippen LogP contribution in [0.4, 0.5) is 0 Å². The number of rotatable bonds is 9. The van der Waals surface area contributed by atoms with Gasteiger partial charge in [-0.1, -0.05) is 151 Å². The normalized spacial score (nSPS) is 13.5. The quantitative estimate of drug-likeness (QED) is 0.157. The molecule has 9 aromatic rings. The van der Waals surface area contributed by atoms with Crippen LogP contribution in [0.3, 0.4) is 0 Å². The van der Waals surface area contributed by atoms with Crippen LogP contribution in [0.25, 0.3) is 83.9 Å². The average Bonchev–Trinajstić information content (AvgIpc) is 3.71. The largest absolute Gasteiger partial charge is 0.507 e. The van der Waals surface area contributed by atoms with Crippen LogP contribution in [0.1, 0.15) is 100 Å². The Labute approximate surface area is 392 Å². The van der Waals surface area contributed by atoms with Gasteiger partial charge in [0.15, 0.2) is 0 Å². The summed E-state index contributed by atoms with van der Waals surface area (Å²) < 4.78 is 47.0. The van der Waals surface area contributed by atoms with Crippen molar-refractivity contribution in [3.8, 4) is 78.6 Å². The van der Waals surface area contributed by atoms with Gasteiger partial charge < -0.3 is 5.11 Å². The molecule has 2 aromatic heterocycles. The molecule has 4 nitrogen and oxygen atoms in total. The summed E-state index contributed by atoms with van der Waals surface area (Å²) in [5.74, 6) is -1.46. The number of pyridine rings is 1. The van der Waals surface area contributed by atoms with Gasteiger partial charge in [-0.25, -0.2) is 4.98 Å². The molecule has 0 aliphatic rings. The van der Waals surface area contributed by atoms with Crippen LogP contribution < -0.4 is 0 Å². The van der Waals surface area contributed by atoms with E-state index in [1.807, 2.05) is 130 Å². The molecule has 0 aliphatic carbocycles. The standard InChI is InChI=1S/C61H59N3O/c1-37(2)46-29-47(38(3)4)31-49(30-46)44-23-24-56(40(6)27-44)64-57-18-14-17-53(58(57)63-60(64)54-36-52(61(8,9)10)28-41(7)59(54)65)50-32-48(42-15-12-11-13-16-42)33-51(34-50)55-35-45(25-26-62-55)43-21-19-39(5)20-22-43/h11-38,65H,1-10H3/i6D3,37D,38D. The second-order valence-electron chi connectivity index (χ2n) is 18.9. The van der Waals surface area contributed by atoms with E-state index in [4.69, 9.17) is 16.8 Å². The Morgan fingerprint density at radius 3 is 1.91 bits per heavy atom. The van der Waals surface area contributed by atoms with E-state index in [0.29, 0.717) is 39.2 Å². The third-order valence-corrected chi connectivity index (χ3v) is 12.5. The molecule has 0 saturated carbocycles. The number of aromatic hydroxyl groups is 1. The second-order valence-corrected chi connectivity index (χ2v) is 18.9. The van der Waals surface area contributed by atoms with E-state index < -0.39 is 18.6 Å². The lowest BCUT2D eigenvalue weighted by molar-refractivity contribution is 0.471.